The zero-order valence-electron chi connectivity index (χ0n) is 16.5. The highest BCUT2D eigenvalue weighted by molar-refractivity contribution is 6.06. The maximum absolute atomic E-state index is 13.0. The van der Waals surface area contributed by atoms with Crippen LogP contribution in [0.5, 0.6) is 11.5 Å². The van der Waals surface area contributed by atoms with E-state index in [2.05, 4.69) is 21.6 Å². The fourth-order valence-electron chi connectivity index (χ4n) is 3.55. The minimum atomic E-state index is -0.150. The first-order valence-electron chi connectivity index (χ1n) is 9.35. The van der Waals surface area contributed by atoms with Crippen LogP contribution in [0.3, 0.4) is 0 Å². The predicted octanol–water partition coefficient (Wildman–Crippen LogP) is 3.83. The molecule has 1 aliphatic heterocycles. The van der Waals surface area contributed by atoms with Crippen molar-refractivity contribution in [3.63, 3.8) is 0 Å². The zero-order valence-corrected chi connectivity index (χ0v) is 16.5. The first-order chi connectivity index (χ1) is 14.1. The van der Waals surface area contributed by atoms with Crippen LogP contribution in [-0.2, 0) is 6.42 Å². The van der Waals surface area contributed by atoms with Gasteiger partial charge in [0.25, 0.3) is 5.91 Å². The molecular weight excluding hydrogens is 368 g/mol. The number of para-hydroxylation sites is 1. The monoisotopic (exact) mass is 390 g/mol. The molecule has 0 saturated heterocycles. The summed E-state index contributed by atoms with van der Waals surface area (Å²) in [5.74, 6) is 1.68. The third-order valence-corrected chi connectivity index (χ3v) is 4.98. The van der Waals surface area contributed by atoms with E-state index in [1.165, 1.54) is 5.56 Å². The average molecular weight is 390 g/mol. The van der Waals surface area contributed by atoms with Crippen molar-refractivity contribution in [1.29, 1.82) is 0 Å². The molecule has 0 aliphatic carbocycles. The summed E-state index contributed by atoms with van der Waals surface area (Å²) in [6.07, 6.45) is 0.840. The number of nitrogens with one attached hydrogen (secondary N) is 1. The Hall–Kier alpha value is -3.61. The van der Waals surface area contributed by atoms with Crippen LogP contribution in [-0.4, -0.2) is 36.4 Å². The third-order valence-electron chi connectivity index (χ3n) is 4.98. The molecule has 2 heterocycles. The summed E-state index contributed by atoms with van der Waals surface area (Å²) in [5, 5.41) is 11.5. The van der Waals surface area contributed by atoms with Gasteiger partial charge in [-0.15, -0.1) is 10.2 Å². The minimum absolute atomic E-state index is 0.0862. The van der Waals surface area contributed by atoms with Gasteiger partial charge in [-0.05, 0) is 49.2 Å². The lowest BCUT2D eigenvalue weighted by Crippen LogP contribution is -2.36. The highest BCUT2D eigenvalue weighted by Gasteiger charge is 2.32. The van der Waals surface area contributed by atoms with Gasteiger partial charge < -0.3 is 19.7 Å². The van der Waals surface area contributed by atoms with Crippen LogP contribution in [0.4, 0.5) is 17.2 Å². The summed E-state index contributed by atoms with van der Waals surface area (Å²) < 4.78 is 10.6. The van der Waals surface area contributed by atoms with E-state index in [9.17, 15) is 4.79 Å². The number of anilines is 3. The Balaban J connectivity index is 1.54. The molecule has 1 unspecified atom stereocenters. The molecule has 3 aromatic rings. The van der Waals surface area contributed by atoms with E-state index in [1.807, 2.05) is 37.3 Å². The summed E-state index contributed by atoms with van der Waals surface area (Å²) in [5.41, 5.74) is 3.15. The summed E-state index contributed by atoms with van der Waals surface area (Å²) in [7, 11) is 3.19. The van der Waals surface area contributed by atoms with Crippen LogP contribution in [0.1, 0.15) is 23.0 Å². The molecule has 4 rings (SSSR count). The van der Waals surface area contributed by atoms with Gasteiger partial charge in [0.15, 0.2) is 11.5 Å². The van der Waals surface area contributed by atoms with Crippen LogP contribution < -0.4 is 19.7 Å². The molecule has 1 aromatic heterocycles. The van der Waals surface area contributed by atoms with E-state index in [0.717, 1.165) is 17.8 Å². The molecule has 1 amide bonds. The van der Waals surface area contributed by atoms with E-state index >= 15 is 0 Å². The summed E-state index contributed by atoms with van der Waals surface area (Å²) in [6, 6.07) is 16.9. The standard InChI is InChI=1S/C22H22N4O3/c1-14-12-15-6-4-5-7-19(15)26(14)22(27)18-10-11-21(25-24-18)23-17-9-8-16(28-2)13-20(17)29-3/h4-11,13-14H,12H2,1-3H3,(H,23,25). The molecule has 0 saturated carbocycles. The van der Waals surface area contributed by atoms with Gasteiger partial charge in [-0.1, -0.05) is 18.2 Å². The Labute approximate surface area is 169 Å². The second-order valence-corrected chi connectivity index (χ2v) is 6.85. The fraction of sp³-hybridized carbons (Fsp3) is 0.227. The molecule has 148 valence electrons. The molecule has 0 spiro atoms. The van der Waals surface area contributed by atoms with Crippen LogP contribution in [0.15, 0.2) is 54.6 Å². The Kier molecular flexibility index (Phi) is 5.03. The number of fused-ring (bicyclic) bond motifs is 1. The second-order valence-electron chi connectivity index (χ2n) is 6.85. The normalized spacial score (nSPS) is 15.0. The largest absolute Gasteiger partial charge is 0.497 e. The van der Waals surface area contributed by atoms with Gasteiger partial charge in [0, 0.05) is 17.8 Å². The molecular formula is C22H22N4O3. The maximum Gasteiger partial charge on any atom is 0.279 e. The van der Waals surface area contributed by atoms with Gasteiger partial charge in [0.2, 0.25) is 0 Å². The van der Waals surface area contributed by atoms with Crippen molar-refractivity contribution >= 4 is 23.1 Å². The molecule has 0 bridgehead atoms. The lowest BCUT2D eigenvalue weighted by molar-refractivity contribution is 0.0975. The van der Waals surface area contributed by atoms with Crippen molar-refractivity contribution in [1.82, 2.24) is 10.2 Å². The molecule has 7 heteroatoms. The predicted molar refractivity (Wildman–Crippen MR) is 111 cm³/mol. The quantitative estimate of drug-likeness (QED) is 0.714. The number of carbonyl (C=O) groups excluding carboxylic acids is 1. The van der Waals surface area contributed by atoms with Crippen molar-refractivity contribution in [2.45, 2.75) is 19.4 Å². The Morgan fingerprint density at radius 2 is 1.90 bits per heavy atom. The maximum atomic E-state index is 13.0. The highest BCUT2D eigenvalue weighted by Crippen LogP contribution is 2.33. The Morgan fingerprint density at radius 3 is 2.62 bits per heavy atom. The van der Waals surface area contributed by atoms with E-state index in [4.69, 9.17) is 9.47 Å². The summed E-state index contributed by atoms with van der Waals surface area (Å²) in [6.45, 7) is 2.04. The number of amides is 1. The summed E-state index contributed by atoms with van der Waals surface area (Å²) >= 11 is 0. The number of hydrogen-bond donors (Lipinski definition) is 1. The third kappa shape index (κ3) is 3.59. The minimum Gasteiger partial charge on any atom is -0.497 e. The van der Waals surface area contributed by atoms with Gasteiger partial charge in [-0.25, -0.2) is 0 Å². The van der Waals surface area contributed by atoms with E-state index < -0.39 is 0 Å². The molecule has 1 aliphatic rings. The average Bonchev–Trinajstić information content (AvgIpc) is 3.09. The van der Waals surface area contributed by atoms with Crippen molar-refractivity contribution in [3.8, 4) is 11.5 Å². The lowest BCUT2D eigenvalue weighted by atomic mass is 10.1. The number of benzene rings is 2. The molecule has 1 N–H and O–H groups in total. The van der Waals surface area contributed by atoms with E-state index in [1.54, 1.807) is 37.3 Å². The highest BCUT2D eigenvalue weighted by atomic mass is 16.5. The van der Waals surface area contributed by atoms with Crippen molar-refractivity contribution in [2.24, 2.45) is 0 Å². The fourth-order valence-corrected chi connectivity index (χ4v) is 3.55. The number of nitrogens with zero attached hydrogens (tertiary/aromatic N) is 3. The number of aromatic nitrogens is 2. The number of methoxy groups -OCH3 is 2. The Bertz CT molecular complexity index is 1040. The van der Waals surface area contributed by atoms with Crippen molar-refractivity contribution in [2.75, 3.05) is 24.4 Å². The zero-order chi connectivity index (χ0) is 20.4. The van der Waals surface area contributed by atoms with Crippen LogP contribution in [0.25, 0.3) is 0 Å². The van der Waals surface area contributed by atoms with Gasteiger partial charge >= 0.3 is 0 Å². The topological polar surface area (TPSA) is 76.6 Å². The van der Waals surface area contributed by atoms with Gasteiger partial charge in [-0.2, -0.15) is 0 Å². The van der Waals surface area contributed by atoms with Gasteiger partial charge in [-0.3, -0.25) is 4.79 Å². The molecule has 29 heavy (non-hydrogen) atoms. The number of ether oxygens (including phenoxy) is 2. The van der Waals surface area contributed by atoms with Crippen molar-refractivity contribution < 1.29 is 14.3 Å². The van der Waals surface area contributed by atoms with Gasteiger partial charge in [0.1, 0.15) is 11.5 Å². The van der Waals surface area contributed by atoms with Gasteiger partial charge in [0.05, 0.1) is 19.9 Å². The number of hydrogen-bond acceptors (Lipinski definition) is 6. The molecule has 1 atom stereocenters. The second kappa shape index (κ2) is 7.79. The van der Waals surface area contributed by atoms with E-state index in [0.29, 0.717) is 23.0 Å². The van der Waals surface area contributed by atoms with Crippen molar-refractivity contribution in [3.05, 3.63) is 65.9 Å². The van der Waals surface area contributed by atoms with Crippen LogP contribution >= 0.6 is 0 Å². The lowest BCUT2D eigenvalue weighted by Gasteiger charge is -2.22. The first kappa shape index (κ1) is 18.7. The number of rotatable bonds is 5. The smallest absolute Gasteiger partial charge is 0.279 e. The first-order valence-corrected chi connectivity index (χ1v) is 9.35. The molecule has 0 fully saturated rings. The summed E-state index contributed by atoms with van der Waals surface area (Å²) in [4.78, 5) is 14.8. The molecule has 0 radical (unpaired) electrons. The Morgan fingerprint density at radius 1 is 1.07 bits per heavy atom. The molecule has 2 aromatic carbocycles. The number of carbonyl (C=O) groups is 1. The van der Waals surface area contributed by atoms with Crippen LogP contribution in [0, 0.1) is 0 Å². The molecule has 7 nitrogen and oxygen atoms in total. The van der Waals surface area contributed by atoms with Crippen LogP contribution in [0.2, 0.25) is 0 Å². The SMILES string of the molecule is COc1ccc(Nc2ccc(C(=O)N3c4ccccc4CC3C)nn2)c(OC)c1. The van der Waals surface area contributed by atoms with E-state index in [-0.39, 0.29) is 11.9 Å².